The van der Waals surface area contributed by atoms with Crippen molar-refractivity contribution in [3.05, 3.63) is 72.4 Å². The van der Waals surface area contributed by atoms with E-state index in [0.29, 0.717) is 5.69 Å². The molecular weight excluding hydrogens is 234 g/mol. The highest BCUT2D eigenvalue weighted by Gasteiger charge is 2.07. The topological polar surface area (TPSA) is 41.6 Å². The van der Waals surface area contributed by atoms with Crippen molar-refractivity contribution < 1.29 is 6.85 Å². The van der Waals surface area contributed by atoms with E-state index in [9.17, 15) is 0 Å². The van der Waals surface area contributed by atoms with Crippen LogP contribution in [-0.2, 0) is 0 Å². The van der Waals surface area contributed by atoms with Crippen LogP contribution in [0.15, 0.2) is 66.9 Å². The van der Waals surface area contributed by atoms with Crippen LogP contribution in [0, 0.1) is 11.3 Å². The van der Waals surface area contributed by atoms with Gasteiger partial charge in [0.2, 0.25) is 0 Å². The van der Waals surface area contributed by atoms with E-state index in [1.165, 1.54) is 10.6 Å². The van der Waals surface area contributed by atoms with Crippen LogP contribution in [0.25, 0.3) is 17.1 Å². The number of imidazole rings is 1. The molecule has 2 aromatic carbocycles. The summed E-state index contributed by atoms with van der Waals surface area (Å²) in [6.45, 7) is 0. The Hall–Kier alpha value is -2.86. The van der Waals surface area contributed by atoms with E-state index in [4.69, 9.17) is 12.1 Å². The molecule has 0 saturated carbocycles. The third-order valence-corrected chi connectivity index (χ3v) is 2.59. The second-order valence-electron chi connectivity index (χ2n) is 3.77. The summed E-state index contributed by atoms with van der Waals surface area (Å²) >= 11 is 0. The van der Waals surface area contributed by atoms with Crippen LogP contribution in [0.4, 0.5) is 0 Å². The predicted octanol–water partition coefficient (Wildman–Crippen LogP) is 3.41. The molecule has 3 aromatic rings. The lowest BCUT2D eigenvalue weighted by molar-refractivity contribution is 1.07. The van der Waals surface area contributed by atoms with Gasteiger partial charge in [-0.3, -0.25) is 4.57 Å². The van der Waals surface area contributed by atoms with Crippen LogP contribution in [0.2, 0.25) is 0 Å². The van der Waals surface area contributed by atoms with Crippen molar-refractivity contribution in [1.29, 1.82) is 5.26 Å². The molecule has 0 fully saturated rings. The smallest absolute Gasteiger partial charge is 0.144 e. The van der Waals surface area contributed by atoms with Gasteiger partial charge in [-0.2, -0.15) is 5.26 Å². The van der Waals surface area contributed by atoms with E-state index in [0.717, 1.165) is 0 Å². The third kappa shape index (κ3) is 2.12. The Morgan fingerprint density at radius 2 is 1.95 bits per heavy atom. The van der Waals surface area contributed by atoms with Gasteiger partial charge in [-0.1, -0.05) is 18.2 Å². The highest BCUT2D eigenvalue weighted by molar-refractivity contribution is 5.59. The van der Waals surface area contributed by atoms with Crippen LogP contribution < -0.4 is 0 Å². The summed E-state index contributed by atoms with van der Waals surface area (Å²) in [5, 5.41) is 9.01. The van der Waals surface area contributed by atoms with Crippen molar-refractivity contribution in [2.75, 3.05) is 0 Å². The first-order valence-corrected chi connectivity index (χ1v) is 5.58. The molecule has 0 saturated heterocycles. The Labute approximate surface area is 118 Å². The van der Waals surface area contributed by atoms with Gasteiger partial charge in [0, 0.05) is 23.6 Å². The fraction of sp³-hybridized carbons (Fsp3) is 0. The molecule has 1 heterocycles. The first-order chi connectivity index (χ1) is 11.5. The lowest BCUT2D eigenvalue weighted by Crippen LogP contribution is -1.95. The number of benzene rings is 2. The van der Waals surface area contributed by atoms with Crippen LogP contribution in [0.1, 0.15) is 12.4 Å². The van der Waals surface area contributed by atoms with Gasteiger partial charge < -0.3 is 0 Å². The van der Waals surface area contributed by atoms with E-state index in [1.807, 2.05) is 6.07 Å². The Bertz CT molecular complexity index is 974. The maximum Gasteiger partial charge on any atom is 0.144 e. The molecule has 3 rings (SSSR count). The van der Waals surface area contributed by atoms with Crippen LogP contribution in [0.5, 0.6) is 0 Å². The quantitative estimate of drug-likeness (QED) is 0.699. The van der Waals surface area contributed by atoms with Crippen molar-refractivity contribution in [3.8, 4) is 23.1 Å². The van der Waals surface area contributed by atoms with Gasteiger partial charge in [0.1, 0.15) is 5.82 Å². The van der Waals surface area contributed by atoms with Crippen molar-refractivity contribution in [2.45, 2.75) is 0 Å². The third-order valence-electron chi connectivity index (χ3n) is 2.59. The highest BCUT2D eigenvalue weighted by atomic mass is 15.1. The van der Waals surface area contributed by atoms with Crippen LogP contribution in [0.3, 0.4) is 0 Å². The number of nitriles is 1. The lowest BCUT2D eigenvalue weighted by atomic mass is 10.1. The van der Waals surface area contributed by atoms with Gasteiger partial charge in [-0.05, 0) is 36.3 Å². The molecule has 0 N–H and O–H groups in total. The van der Waals surface area contributed by atoms with E-state index >= 15 is 0 Å². The molecule has 90 valence electrons. The van der Waals surface area contributed by atoms with E-state index in [-0.39, 0.29) is 47.4 Å². The Morgan fingerprint density at radius 1 is 1.11 bits per heavy atom. The van der Waals surface area contributed by atoms with Crippen molar-refractivity contribution in [2.24, 2.45) is 0 Å². The van der Waals surface area contributed by atoms with Gasteiger partial charge in [-0.15, -0.1) is 0 Å². The van der Waals surface area contributed by atoms with Gasteiger partial charge in [0.25, 0.3) is 0 Å². The first-order valence-electron chi connectivity index (χ1n) is 8.08. The number of rotatable bonds is 2. The summed E-state index contributed by atoms with van der Waals surface area (Å²) in [5.74, 6) is 0.132. The first kappa shape index (κ1) is 6.91. The molecule has 0 amide bonds. The standard InChI is InChI=1S/C16H11N3/c17-12-13-6-8-14(9-7-13)16-18-10-11-19(16)15-4-2-1-3-5-15/h1-11H/i6D,7D,8D,10D,11D. The fourth-order valence-electron chi connectivity index (χ4n) is 1.70. The number of hydrogen-bond donors (Lipinski definition) is 0. The van der Waals surface area contributed by atoms with Crippen molar-refractivity contribution >= 4 is 0 Å². The Balaban J connectivity index is 2.34. The molecule has 0 unspecified atom stereocenters. The summed E-state index contributed by atoms with van der Waals surface area (Å²) in [5.41, 5.74) is 0.545. The molecule has 0 aliphatic carbocycles. The minimum Gasteiger partial charge on any atom is -0.300 e. The summed E-state index contributed by atoms with van der Waals surface area (Å²) in [7, 11) is 0. The van der Waals surface area contributed by atoms with Gasteiger partial charge >= 0.3 is 0 Å². The van der Waals surface area contributed by atoms with Crippen LogP contribution in [-0.4, -0.2) is 9.55 Å². The number of aromatic nitrogens is 2. The average Bonchev–Trinajstić information content (AvgIpc) is 2.87. The van der Waals surface area contributed by atoms with Crippen molar-refractivity contribution in [3.63, 3.8) is 0 Å². The highest BCUT2D eigenvalue weighted by Crippen LogP contribution is 2.21. The second kappa shape index (κ2) is 4.79. The number of nitrogens with zero attached hydrogens (tertiary/aromatic N) is 3. The average molecular weight is 250 g/mol. The molecule has 0 bridgehead atoms. The molecule has 1 aromatic heterocycles. The zero-order valence-corrected chi connectivity index (χ0v) is 9.81. The summed E-state index contributed by atoms with van der Waals surface area (Å²) in [6.07, 6.45) is -0.423. The Kier molecular flexibility index (Phi) is 1.74. The minimum atomic E-state index is -0.360. The van der Waals surface area contributed by atoms with Gasteiger partial charge in [0.05, 0.1) is 18.5 Å². The van der Waals surface area contributed by atoms with E-state index in [2.05, 4.69) is 4.98 Å². The number of hydrogen-bond acceptors (Lipinski definition) is 2. The molecule has 0 spiro atoms. The maximum atomic E-state index is 9.01. The largest absolute Gasteiger partial charge is 0.300 e. The molecule has 0 aliphatic rings. The van der Waals surface area contributed by atoms with E-state index in [1.54, 1.807) is 30.3 Å². The van der Waals surface area contributed by atoms with Crippen molar-refractivity contribution in [1.82, 2.24) is 9.55 Å². The monoisotopic (exact) mass is 250 g/mol. The normalized spacial score (nSPS) is 13.7. The van der Waals surface area contributed by atoms with Gasteiger partial charge in [-0.25, -0.2) is 4.98 Å². The second-order valence-corrected chi connectivity index (χ2v) is 3.77. The molecule has 0 atom stereocenters. The lowest BCUT2D eigenvalue weighted by Gasteiger charge is -2.07. The SMILES string of the molecule is [2H]c1cc(-c2nc([2H])c([2H])n2-c2ccccc2)c([2H])c([2H])c1C#N. The Morgan fingerprint density at radius 3 is 2.74 bits per heavy atom. The summed E-state index contributed by atoms with van der Waals surface area (Å²) < 4.78 is 41.2. The molecular formula is C16H11N3. The zero-order chi connectivity index (χ0) is 17.4. The minimum absolute atomic E-state index is 0.132. The molecule has 3 heteroatoms. The molecule has 19 heavy (non-hydrogen) atoms. The fourth-order valence-corrected chi connectivity index (χ4v) is 1.70. The zero-order valence-electron chi connectivity index (χ0n) is 14.8. The molecule has 3 nitrogen and oxygen atoms in total. The maximum absolute atomic E-state index is 9.01. The van der Waals surface area contributed by atoms with Gasteiger partial charge in [0.15, 0.2) is 0 Å². The van der Waals surface area contributed by atoms with Crippen LogP contribution >= 0.6 is 0 Å². The summed E-state index contributed by atoms with van der Waals surface area (Å²) in [6, 6.07) is 11.0. The molecule has 0 radical (unpaired) electrons. The van der Waals surface area contributed by atoms with E-state index < -0.39 is 0 Å². The predicted molar refractivity (Wildman–Crippen MR) is 73.7 cm³/mol. The molecule has 0 aliphatic heterocycles. The summed E-state index contributed by atoms with van der Waals surface area (Å²) in [4.78, 5) is 4.03. The number of para-hydroxylation sites is 1.